The van der Waals surface area contributed by atoms with E-state index in [0.29, 0.717) is 18.9 Å². The van der Waals surface area contributed by atoms with Gasteiger partial charge in [-0.05, 0) is 21.5 Å². The first-order chi connectivity index (χ1) is 17.7. The molecule has 1 atom stereocenters. The number of Topliss-reactive ketones (excluding diaryl/α,β-unsaturated/α-hetero) is 1. The summed E-state index contributed by atoms with van der Waals surface area (Å²) in [6.45, 7) is 2.82. The number of carbonyl (C=O) groups is 1. The topological polar surface area (TPSA) is 106 Å². The SMILES string of the molecule is O=C1Cc2ccccc2C(c2ccccc2)=N[C@@H]1Nc1nnc(-c2nc(Br)sc2N2CCOCC2)o1. The van der Waals surface area contributed by atoms with Crippen molar-refractivity contribution in [1.82, 2.24) is 15.2 Å². The van der Waals surface area contributed by atoms with Gasteiger partial charge in [0.05, 0.1) is 18.9 Å². The van der Waals surface area contributed by atoms with E-state index in [1.807, 2.05) is 54.6 Å². The van der Waals surface area contributed by atoms with Crippen molar-refractivity contribution in [2.75, 3.05) is 36.5 Å². The van der Waals surface area contributed by atoms with Crippen molar-refractivity contribution in [3.8, 4) is 11.6 Å². The molecule has 11 heteroatoms. The van der Waals surface area contributed by atoms with Crippen molar-refractivity contribution in [1.29, 1.82) is 0 Å². The van der Waals surface area contributed by atoms with Crippen molar-refractivity contribution >= 4 is 49.8 Å². The van der Waals surface area contributed by atoms with Gasteiger partial charge in [-0.25, -0.2) is 4.98 Å². The van der Waals surface area contributed by atoms with Gasteiger partial charge in [-0.15, -0.1) is 5.10 Å². The average molecular weight is 565 g/mol. The molecule has 2 aliphatic rings. The average Bonchev–Trinajstić information content (AvgIpc) is 3.51. The van der Waals surface area contributed by atoms with Crippen LogP contribution in [0.4, 0.5) is 11.0 Å². The zero-order valence-corrected chi connectivity index (χ0v) is 21.5. The second-order valence-corrected chi connectivity index (χ2v) is 10.6. The minimum absolute atomic E-state index is 0.0847. The highest BCUT2D eigenvalue weighted by Crippen LogP contribution is 2.38. The summed E-state index contributed by atoms with van der Waals surface area (Å²) >= 11 is 4.98. The van der Waals surface area contributed by atoms with E-state index in [0.717, 1.165) is 44.4 Å². The maximum absolute atomic E-state index is 13.2. The number of benzene rings is 2. The molecule has 4 aromatic rings. The molecular weight excluding hydrogens is 544 g/mol. The minimum atomic E-state index is -0.873. The highest BCUT2D eigenvalue weighted by atomic mass is 79.9. The lowest BCUT2D eigenvalue weighted by molar-refractivity contribution is -0.119. The van der Waals surface area contributed by atoms with E-state index in [9.17, 15) is 4.79 Å². The number of rotatable bonds is 5. The quantitative estimate of drug-likeness (QED) is 0.384. The molecule has 4 heterocycles. The maximum Gasteiger partial charge on any atom is 0.317 e. The zero-order chi connectivity index (χ0) is 24.5. The Labute approximate surface area is 219 Å². The lowest BCUT2D eigenvalue weighted by atomic mass is 9.96. The van der Waals surface area contributed by atoms with Crippen molar-refractivity contribution < 1.29 is 13.9 Å². The summed E-state index contributed by atoms with van der Waals surface area (Å²) in [7, 11) is 0. The first-order valence-corrected chi connectivity index (χ1v) is 13.1. The van der Waals surface area contributed by atoms with Crippen LogP contribution in [0.15, 0.2) is 67.9 Å². The summed E-state index contributed by atoms with van der Waals surface area (Å²) in [6, 6.07) is 17.8. The number of carbonyl (C=O) groups excluding carboxylic acids is 1. The first-order valence-electron chi connectivity index (χ1n) is 11.5. The number of morpholine rings is 1. The number of thiazole rings is 1. The number of hydrogen-bond acceptors (Lipinski definition) is 10. The number of aliphatic imine (C=N–C) groups is 1. The Morgan fingerprint density at radius 1 is 1.03 bits per heavy atom. The van der Waals surface area contributed by atoms with Gasteiger partial charge in [-0.1, -0.05) is 71.0 Å². The fourth-order valence-electron chi connectivity index (χ4n) is 4.30. The molecule has 1 fully saturated rings. The van der Waals surface area contributed by atoms with Crippen LogP contribution in [-0.2, 0) is 16.0 Å². The standard InChI is InChI=1S/C25H21BrN6O3S/c26-24-28-20(23(36-24)32-10-12-34-13-11-32)22-30-31-25(35-22)29-21-18(33)14-16-8-4-5-9-17(16)19(27-21)15-6-2-1-3-7-15/h1-9,21H,10-14H2,(H,29,31)/t21-/m1/s1. The van der Waals surface area contributed by atoms with Gasteiger partial charge in [-0.3, -0.25) is 9.79 Å². The molecule has 1 saturated heterocycles. The Morgan fingerprint density at radius 3 is 2.64 bits per heavy atom. The predicted octanol–water partition coefficient (Wildman–Crippen LogP) is 4.19. The van der Waals surface area contributed by atoms with Gasteiger partial charge < -0.3 is 19.4 Å². The third-order valence-electron chi connectivity index (χ3n) is 6.02. The Morgan fingerprint density at radius 2 is 1.81 bits per heavy atom. The largest absolute Gasteiger partial charge is 0.402 e. The Balaban J connectivity index is 1.31. The van der Waals surface area contributed by atoms with Crippen LogP contribution < -0.4 is 10.2 Å². The van der Waals surface area contributed by atoms with Gasteiger partial charge >= 0.3 is 6.01 Å². The predicted molar refractivity (Wildman–Crippen MR) is 141 cm³/mol. The van der Waals surface area contributed by atoms with E-state index in [1.165, 1.54) is 11.3 Å². The van der Waals surface area contributed by atoms with Gasteiger partial charge in [0.2, 0.25) is 0 Å². The van der Waals surface area contributed by atoms with E-state index >= 15 is 0 Å². The molecule has 2 aromatic heterocycles. The van der Waals surface area contributed by atoms with Gasteiger partial charge in [-0.2, -0.15) is 0 Å². The Bertz CT molecular complexity index is 1430. The first kappa shape index (κ1) is 23.0. The number of fused-ring (bicyclic) bond motifs is 1. The lowest BCUT2D eigenvalue weighted by Crippen LogP contribution is -2.35. The molecule has 0 spiro atoms. The zero-order valence-electron chi connectivity index (χ0n) is 19.1. The Kier molecular flexibility index (Phi) is 6.34. The fourth-order valence-corrected chi connectivity index (χ4v) is 5.78. The van der Waals surface area contributed by atoms with Gasteiger partial charge in [0.15, 0.2) is 21.6 Å². The fraction of sp³-hybridized carbons (Fsp3) is 0.240. The molecule has 9 nitrogen and oxygen atoms in total. The van der Waals surface area contributed by atoms with Crippen molar-refractivity contribution in [3.05, 3.63) is 75.2 Å². The van der Waals surface area contributed by atoms with Crippen LogP contribution in [0.5, 0.6) is 0 Å². The Hall–Kier alpha value is -3.41. The smallest absolute Gasteiger partial charge is 0.317 e. The molecule has 0 aliphatic carbocycles. The number of nitrogens with zero attached hydrogens (tertiary/aromatic N) is 5. The summed E-state index contributed by atoms with van der Waals surface area (Å²) in [4.78, 5) is 24.8. The molecule has 0 bridgehead atoms. The molecule has 0 unspecified atom stereocenters. The summed E-state index contributed by atoms with van der Waals surface area (Å²) < 4.78 is 12.1. The molecule has 0 saturated carbocycles. The summed E-state index contributed by atoms with van der Waals surface area (Å²) in [5.74, 6) is 0.191. The van der Waals surface area contributed by atoms with Crippen molar-refractivity contribution in [3.63, 3.8) is 0 Å². The van der Waals surface area contributed by atoms with Gasteiger partial charge in [0.1, 0.15) is 5.00 Å². The van der Waals surface area contributed by atoms with Crippen LogP contribution in [0.25, 0.3) is 11.6 Å². The second-order valence-electron chi connectivity index (χ2n) is 8.32. The van der Waals surface area contributed by atoms with Gasteiger partial charge in [0, 0.05) is 30.6 Å². The van der Waals surface area contributed by atoms with E-state index < -0.39 is 6.17 Å². The molecule has 2 aliphatic heterocycles. The van der Waals surface area contributed by atoms with Gasteiger partial charge in [0.25, 0.3) is 5.89 Å². The van der Waals surface area contributed by atoms with Crippen LogP contribution in [0, 0.1) is 0 Å². The highest BCUT2D eigenvalue weighted by molar-refractivity contribution is 9.11. The number of nitrogens with one attached hydrogen (secondary N) is 1. The van der Waals surface area contributed by atoms with Crippen LogP contribution in [0.3, 0.4) is 0 Å². The molecule has 1 N–H and O–H groups in total. The molecule has 36 heavy (non-hydrogen) atoms. The lowest BCUT2D eigenvalue weighted by Gasteiger charge is -2.27. The molecule has 0 amide bonds. The number of hydrogen-bond donors (Lipinski definition) is 1. The number of halogens is 1. The van der Waals surface area contributed by atoms with E-state index in [2.05, 4.69) is 41.3 Å². The summed E-state index contributed by atoms with van der Waals surface area (Å²) in [5, 5.41) is 12.4. The number of ether oxygens (including phenoxy) is 1. The molecular formula is C25H21BrN6O3S. The van der Waals surface area contributed by atoms with E-state index in [-0.39, 0.29) is 24.1 Å². The molecule has 182 valence electrons. The van der Waals surface area contributed by atoms with Crippen LogP contribution in [0.2, 0.25) is 0 Å². The third-order valence-corrected chi connectivity index (χ3v) is 7.58. The van der Waals surface area contributed by atoms with Crippen molar-refractivity contribution in [2.45, 2.75) is 12.6 Å². The number of ketones is 1. The van der Waals surface area contributed by atoms with E-state index in [1.54, 1.807) is 0 Å². The third kappa shape index (κ3) is 4.57. The highest BCUT2D eigenvalue weighted by Gasteiger charge is 2.28. The van der Waals surface area contributed by atoms with Crippen LogP contribution >= 0.6 is 27.3 Å². The summed E-state index contributed by atoms with van der Waals surface area (Å²) in [5.41, 5.74) is 4.15. The summed E-state index contributed by atoms with van der Waals surface area (Å²) in [6.07, 6.45) is -0.628. The molecule has 6 rings (SSSR count). The van der Waals surface area contributed by atoms with Crippen molar-refractivity contribution in [2.24, 2.45) is 4.99 Å². The minimum Gasteiger partial charge on any atom is -0.402 e. The number of aromatic nitrogens is 3. The van der Waals surface area contributed by atoms with Crippen LogP contribution in [-0.4, -0.2) is 59.1 Å². The molecule has 2 aromatic carbocycles. The molecule has 0 radical (unpaired) electrons. The van der Waals surface area contributed by atoms with Crippen LogP contribution in [0.1, 0.15) is 16.7 Å². The normalized spacial score (nSPS) is 17.9. The van der Waals surface area contributed by atoms with E-state index in [4.69, 9.17) is 14.1 Å². The maximum atomic E-state index is 13.2. The monoisotopic (exact) mass is 564 g/mol. The number of anilines is 2. The second kappa shape index (κ2) is 9.92.